The van der Waals surface area contributed by atoms with Crippen LogP contribution in [0.3, 0.4) is 0 Å². The Balaban J connectivity index is 1.17. The number of rotatable bonds is 43. The molecule has 64 heavy (non-hydrogen) atoms. The highest BCUT2D eigenvalue weighted by molar-refractivity contribution is 6.13. The zero-order valence-electron chi connectivity index (χ0n) is 35.7. The van der Waals surface area contributed by atoms with Crippen LogP contribution in [0.4, 0.5) is 22.0 Å². The predicted molar refractivity (Wildman–Crippen MR) is 210 cm³/mol. The van der Waals surface area contributed by atoms with Crippen LogP contribution >= 0.6 is 0 Å². The summed E-state index contributed by atoms with van der Waals surface area (Å²) in [5.41, 5.74) is 0. The Morgan fingerprint density at radius 3 is 1.02 bits per heavy atom. The van der Waals surface area contributed by atoms with Gasteiger partial charge in [0.1, 0.15) is 0 Å². The second-order valence-corrected chi connectivity index (χ2v) is 12.7. The van der Waals surface area contributed by atoms with Gasteiger partial charge in [-0.1, -0.05) is 0 Å². The maximum atomic E-state index is 13.6. The van der Waals surface area contributed by atoms with Crippen molar-refractivity contribution in [2.45, 2.75) is 12.8 Å². The molecule has 1 N–H and O–H groups in total. The summed E-state index contributed by atoms with van der Waals surface area (Å²) in [5, 5.41) is 2.66. The first-order chi connectivity index (χ1) is 31.1. The lowest BCUT2D eigenvalue weighted by Gasteiger charge is -2.13. The number of imide groups is 1. The molecule has 0 saturated heterocycles. The zero-order chi connectivity index (χ0) is 46.5. The van der Waals surface area contributed by atoms with E-state index in [9.17, 15) is 41.1 Å². The molecule has 0 saturated carbocycles. The van der Waals surface area contributed by atoms with Crippen molar-refractivity contribution >= 4 is 23.7 Å². The van der Waals surface area contributed by atoms with Crippen LogP contribution in [0.15, 0.2) is 12.2 Å². The van der Waals surface area contributed by atoms with Gasteiger partial charge in [0.15, 0.2) is 0 Å². The van der Waals surface area contributed by atoms with Crippen molar-refractivity contribution in [1.82, 2.24) is 10.2 Å². The van der Waals surface area contributed by atoms with E-state index in [1.165, 1.54) is 12.2 Å². The van der Waals surface area contributed by atoms with Crippen molar-refractivity contribution in [3.63, 3.8) is 0 Å². The van der Waals surface area contributed by atoms with E-state index in [0.29, 0.717) is 139 Å². The molecule has 24 heteroatoms. The first kappa shape index (κ1) is 56.3. The summed E-state index contributed by atoms with van der Waals surface area (Å²) in [4.78, 5) is 47.4. The average molecular weight is 935 g/mol. The minimum atomic E-state index is -2.36. The van der Waals surface area contributed by atoms with Gasteiger partial charge in [0, 0.05) is 31.7 Å². The Morgan fingerprint density at radius 1 is 0.406 bits per heavy atom. The summed E-state index contributed by atoms with van der Waals surface area (Å²) >= 11 is 0. The van der Waals surface area contributed by atoms with Crippen LogP contribution in [-0.2, 0) is 76.0 Å². The van der Waals surface area contributed by atoms with Crippen LogP contribution < -0.4 is 10.1 Å². The molecular formula is C40H59F5N2O17. The van der Waals surface area contributed by atoms with E-state index in [4.69, 9.17) is 56.8 Å². The number of halogens is 5. The number of hydrogen-bond donors (Lipinski definition) is 1. The molecule has 0 spiro atoms. The fourth-order valence-electron chi connectivity index (χ4n) is 4.73. The van der Waals surface area contributed by atoms with Crippen molar-refractivity contribution in [1.29, 1.82) is 0 Å². The van der Waals surface area contributed by atoms with E-state index in [1.54, 1.807) is 0 Å². The number of benzene rings is 1. The Kier molecular flexibility index (Phi) is 33.0. The molecule has 0 radical (unpaired) electrons. The molecule has 0 bridgehead atoms. The Labute approximate surface area is 367 Å². The topological polar surface area (TPSA) is 204 Å². The summed E-state index contributed by atoms with van der Waals surface area (Å²) in [6.07, 6.45) is 1.90. The smallest absolute Gasteiger partial charge is 0.313 e. The number of esters is 1. The van der Waals surface area contributed by atoms with Crippen molar-refractivity contribution in [2.75, 3.05) is 172 Å². The van der Waals surface area contributed by atoms with Gasteiger partial charge < -0.3 is 66.9 Å². The fourth-order valence-corrected chi connectivity index (χ4v) is 4.73. The molecule has 2 rings (SSSR count). The van der Waals surface area contributed by atoms with E-state index in [2.05, 4.69) is 10.1 Å². The molecule has 0 aliphatic carbocycles. The van der Waals surface area contributed by atoms with Crippen molar-refractivity contribution in [3.05, 3.63) is 41.2 Å². The summed E-state index contributed by atoms with van der Waals surface area (Å²) in [6, 6.07) is 0. The highest BCUT2D eigenvalue weighted by Crippen LogP contribution is 2.29. The lowest BCUT2D eigenvalue weighted by molar-refractivity contribution is -0.138. The third-order valence-electron chi connectivity index (χ3n) is 7.96. The number of amides is 3. The van der Waals surface area contributed by atoms with Gasteiger partial charge in [-0.25, -0.2) is 13.2 Å². The van der Waals surface area contributed by atoms with Gasteiger partial charge in [0.2, 0.25) is 40.7 Å². The number of carbonyl (C=O) groups is 4. The first-order valence-corrected chi connectivity index (χ1v) is 20.6. The summed E-state index contributed by atoms with van der Waals surface area (Å²) in [5.74, 6) is -15.3. The number of nitrogens with zero attached hydrogens (tertiary/aromatic N) is 1. The number of ether oxygens (including phenoxy) is 13. The normalized spacial score (nSPS) is 12.5. The molecule has 3 amide bonds. The number of carbonyl (C=O) groups excluding carboxylic acids is 4. The molecule has 0 atom stereocenters. The monoisotopic (exact) mass is 934 g/mol. The molecule has 1 aliphatic heterocycles. The summed E-state index contributed by atoms with van der Waals surface area (Å²) < 4.78 is 136. The van der Waals surface area contributed by atoms with Crippen LogP contribution in [0.2, 0.25) is 0 Å². The molecule has 0 aromatic heterocycles. The highest BCUT2D eigenvalue weighted by atomic mass is 19.2. The lowest BCUT2D eigenvalue weighted by atomic mass is 10.2. The summed E-state index contributed by atoms with van der Waals surface area (Å²) in [7, 11) is 0. The average Bonchev–Trinajstić information content (AvgIpc) is 3.61. The largest absolute Gasteiger partial charge is 0.420 e. The van der Waals surface area contributed by atoms with E-state index >= 15 is 0 Å². The molecule has 366 valence electrons. The van der Waals surface area contributed by atoms with Gasteiger partial charge in [-0.2, -0.15) is 8.78 Å². The Bertz CT molecular complexity index is 1450. The van der Waals surface area contributed by atoms with E-state index in [-0.39, 0.29) is 45.3 Å². The highest BCUT2D eigenvalue weighted by Gasteiger charge is 2.28. The van der Waals surface area contributed by atoms with Gasteiger partial charge in [0.05, 0.1) is 165 Å². The molecule has 19 nitrogen and oxygen atoms in total. The molecule has 1 aromatic carbocycles. The molecule has 1 aromatic rings. The van der Waals surface area contributed by atoms with Gasteiger partial charge >= 0.3 is 5.97 Å². The van der Waals surface area contributed by atoms with Crippen LogP contribution in [0.25, 0.3) is 0 Å². The molecule has 0 fully saturated rings. The Morgan fingerprint density at radius 2 is 0.688 bits per heavy atom. The SMILES string of the molecule is O=C(CCN1C(=O)C=CC1=O)NCCOCCOCCOCCOCCOCCOCCOCCOCCOCCOCCOCCOCCC(=O)Oc1c(F)c(F)c(F)c(F)c1F. The quantitative estimate of drug-likeness (QED) is 0.0187. The van der Waals surface area contributed by atoms with Crippen LogP contribution in [0.1, 0.15) is 12.8 Å². The maximum absolute atomic E-state index is 13.6. The van der Waals surface area contributed by atoms with Crippen LogP contribution in [0, 0.1) is 29.1 Å². The van der Waals surface area contributed by atoms with Gasteiger partial charge in [-0.05, 0) is 0 Å². The Hall–Kier alpha value is -3.79. The van der Waals surface area contributed by atoms with Crippen LogP contribution in [-0.4, -0.2) is 200 Å². The first-order valence-electron chi connectivity index (χ1n) is 20.6. The van der Waals surface area contributed by atoms with Gasteiger partial charge in [0.25, 0.3) is 11.8 Å². The number of hydrogen-bond acceptors (Lipinski definition) is 17. The molecular weight excluding hydrogens is 875 g/mol. The fraction of sp³-hybridized carbons (Fsp3) is 0.700. The summed E-state index contributed by atoms with van der Waals surface area (Å²) in [6.45, 7) is 8.47. The van der Waals surface area contributed by atoms with Crippen molar-refractivity contribution in [2.24, 2.45) is 0 Å². The maximum Gasteiger partial charge on any atom is 0.313 e. The van der Waals surface area contributed by atoms with E-state index in [1.807, 2.05) is 0 Å². The second-order valence-electron chi connectivity index (χ2n) is 12.7. The standard InChI is InChI=1S/C40H59F5N2O17/c41-35-36(42)38(44)40(39(45)37(35)43)64-34(51)4-7-52-9-11-54-13-15-56-17-19-58-21-23-60-25-27-62-29-30-63-28-26-61-24-22-59-20-18-57-16-14-55-12-10-53-8-5-46-31(48)3-6-47-32(49)1-2-33(47)50/h1-2H,3-30H2,(H,46,48). The van der Waals surface area contributed by atoms with Crippen LogP contribution in [0.5, 0.6) is 5.75 Å². The van der Waals surface area contributed by atoms with Gasteiger partial charge in [-0.15, -0.1) is 0 Å². The third-order valence-corrected chi connectivity index (χ3v) is 7.96. The van der Waals surface area contributed by atoms with Crippen molar-refractivity contribution in [3.8, 4) is 5.75 Å². The molecule has 1 heterocycles. The second kappa shape index (κ2) is 37.4. The van der Waals surface area contributed by atoms with E-state index in [0.717, 1.165) is 4.90 Å². The predicted octanol–water partition coefficient (Wildman–Crippen LogP) is 1.31. The minimum absolute atomic E-state index is 0.0334. The van der Waals surface area contributed by atoms with Crippen molar-refractivity contribution < 1.29 is 103 Å². The minimum Gasteiger partial charge on any atom is -0.420 e. The number of nitrogens with one attached hydrogen (secondary N) is 1. The van der Waals surface area contributed by atoms with E-state index < -0.39 is 59.0 Å². The molecule has 1 aliphatic rings. The molecule has 0 unspecified atom stereocenters. The van der Waals surface area contributed by atoms with Gasteiger partial charge in [-0.3, -0.25) is 24.1 Å². The third kappa shape index (κ3) is 26.9. The lowest BCUT2D eigenvalue weighted by Crippen LogP contribution is -2.35. The zero-order valence-corrected chi connectivity index (χ0v) is 35.7.